The van der Waals surface area contributed by atoms with Gasteiger partial charge in [0.25, 0.3) is 0 Å². The second kappa shape index (κ2) is 5.01. The molecule has 1 aromatic carbocycles. The van der Waals surface area contributed by atoms with E-state index < -0.39 is 17.7 Å². The molecule has 0 saturated heterocycles. The van der Waals surface area contributed by atoms with Gasteiger partial charge in [-0.15, -0.1) is 0 Å². The first-order valence-corrected chi connectivity index (χ1v) is 6.14. The van der Waals surface area contributed by atoms with Crippen molar-refractivity contribution in [1.29, 1.82) is 0 Å². The number of nitrogens with one attached hydrogen (secondary N) is 3. The highest BCUT2D eigenvalue weighted by molar-refractivity contribution is 5.95. The van der Waals surface area contributed by atoms with E-state index >= 15 is 0 Å². The number of hydrogen-bond acceptors (Lipinski definition) is 3. The lowest BCUT2D eigenvalue weighted by Gasteiger charge is -2.22. The van der Waals surface area contributed by atoms with Gasteiger partial charge in [-0.05, 0) is 12.1 Å². The maximum absolute atomic E-state index is 13.5. The molecule has 7 heteroatoms. The van der Waals surface area contributed by atoms with E-state index in [0.29, 0.717) is 13.0 Å². The molecule has 1 aromatic heterocycles. The molecule has 0 fully saturated rings. The summed E-state index contributed by atoms with van der Waals surface area (Å²) in [6, 6.07) is 2.54. The van der Waals surface area contributed by atoms with Crippen LogP contribution in [-0.4, -0.2) is 21.9 Å². The van der Waals surface area contributed by atoms with E-state index in [0.717, 1.165) is 23.5 Å². The van der Waals surface area contributed by atoms with Crippen molar-refractivity contribution in [1.82, 2.24) is 15.3 Å². The van der Waals surface area contributed by atoms with Crippen LogP contribution in [0.15, 0.2) is 24.5 Å². The van der Waals surface area contributed by atoms with E-state index in [1.165, 1.54) is 6.07 Å². The van der Waals surface area contributed by atoms with Gasteiger partial charge in [0.1, 0.15) is 11.6 Å². The van der Waals surface area contributed by atoms with Gasteiger partial charge < -0.3 is 10.3 Å². The summed E-state index contributed by atoms with van der Waals surface area (Å²) in [7, 11) is 0. The standard InChI is InChI=1S/C13H12F2N4O/c14-7-1-2-9(8(15)3-7)19-13(20)11-4-10-12(5-16-11)18-6-17-10/h1-3,6,11,16H,4-5H2,(H,17,18)(H,19,20). The van der Waals surface area contributed by atoms with Crippen molar-refractivity contribution in [3.05, 3.63) is 47.5 Å². The monoisotopic (exact) mass is 278 g/mol. The van der Waals surface area contributed by atoms with Gasteiger partial charge in [-0.25, -0.2) is 13.8 Å². The number of aromatic amines is 1. The molecule has 2 heterocycles. The molecule has 1 atom stereocenters. The van der Waals surface area contributed by atoms with Crippen molar-refractivity contribution in [2.24, 2.45) is 0 Å². The fourth-order valence-corrected chi connectivity index (χ4v) is 2.17. The highest BCUT2D eigenvalue weighted by Crippen LogP contribution is 2.17. The molecule has 1 unspecified atom stereocenters. The number of H-pyrrole nitrogens is 1. The topological polar surface area (TPSA) is 69.8 Å². The number of hydrogen-bond donors (Lipinski definition) is 3. The largest absolute Gasteiger partial charge is 0.347 e. The number of aromatic nitrogens is 2. The quantitative estimate of drug-likeness (QED) is 0.776. The van der Waals surface area contributed by atoms with Gasteiger partial charge in [0, 0.05) is 19.0 Å². The Morgan fingerprint density at radius 3 is 3.05 bits per heavy atom. The molecule has 0 aliphatic carbocycles. The maximum Gasteiger partial charge on any atom is 0.242 e. The fraction of sp³-hybridized carbons (Fsp3) is 0.231. The van der Waals surface area contributed by atoms with Gasteiger partial charge in [-0.3, -0.25) is 10.1 Å². The van der Waals surface area contributed by atoms with E-state index in [2.05, 4.69) is 20.6 Å². The zero-order chi connectivity index (χ0) is 14.1. The Bertz CT molecular complexity index is 656. The Morgan fingerprint density at radius 1 is 1.40 bits per heavy atom. The first-order valence-electron chi connectivity index (χ1n) is 6.14. The molecule has 0 bridgehead atoms. The molecule has 3 N–H and O–H groups in total. The second-order valence-electron chi connectivity index (χ2n) is 4.58. The van der Waals surface area contributed by atoms with Crippen LogP contribution in [0.25, 0.3) is 0 Å². The number of nitrogens with zero attached hydrogens (tertiary/aromatic N) is 1. The summed E-state index contributed by atoms with van der Waals surface area (Å²) in [5.74, 6) is -1.85. The van der Waals surface area contributed by atoms with Crippen LogP contribution in [-0.2, 0) is 17.8 Å². The van der Waals surface area contributed by atoms with Crippen molar-refractivity contribution in [2.45, 2.75) is 19.0 Å². The van der Waals surface area contributed by atoms with Crippen LogP contribution < -0.4 is 10.6 Å². The number of carbonyl (C=O) groups is 1. The number of amides is 1. The number of rotatable bonds is 2. The zero-order valence-corrected chi connectivity index (χ0v) is 10.4. The van der Waals surface area contributed by atoms with Crippen LogP contribution in [0, 0.1) is 11.6 Å². The van der Waals surface area contributed by atoms with E-state index in [9.17, 15) is 13.6 Å². The summed E-state index contributed by atoms with van der Waals surface area (Å²) in [5, 5.41) is 5.48. The summed E-state index contributed by atoms with van der Waals surface area (Å²) in [6.45, 7) is 0.499. The van der Waals surface area contributed by atoms with Gasteiger partial charge in [0.2, 0.25) is 5.91 Å². The van der Waals surface area contributed by atoms with Gasteiger partial charge >= 0.3 is 0 Å². The lowest BCUT2D eigenvalue weighted by atomic mass is 10.0. The molecule has 0 spiro atoms. The maximum atomic E-state index is 13.5. The molecule has 3 rings (SSSR count). The predicted octanol–water partition coefficient (Wildman–Crippen LogP) is 1.34. The van der Waals surface area contributed by atoms with Crippen molar-refractivity contribution in [2.75, 3.05) is 5.32 Å². The number of benzene rings is 1. The molecular weight excluding hydrogens is 266 g/mol. The van der Waals surface area contributed by atoms with E-state index in [1.807, 2.05) is 0 Å². The summed E-state index contributed by atoms with van der Waals surface area (Å²) in [6.07, 6.45) is 2.00. The van der Waals surface area contributed by atoms with E-state index in [4.69, 9.17) is 0 Å². The minimum atomic E-state index is -0.797. The SMILES string of the molecule is O=C(Nc1ccc(F)cc1F)C1Cc2nc[nH]c2CN1. The van der Waals surface area contributed by atoms with Crippen LogP contribution in [0.1, 0.15) is 11.4 Å². The Kier molecular flexibility index (Phi) is 3.19. The zero-order valence-electron chi connectivity index (χ0n) is 10.4. The first-order chi connectivity index (χ1) is 9.63. The molecule has 20 heavy (non-hydrogen) atoms. The van der Waals surface area contributed by atoms with Crippen LogP contribution in [0.5, 0.6) is 0 Å². The van der Waals surface area contributed by atoms with Crippen molar-refractivity contribution >= 4 is 11.6 Å². The molecule has 2 aromatic rings. The highest BCUT2D eigenvalue weighted by Gasteiger charge is 2.26. The van der Waals surface area contributed by atoms with Gasteiger partial charge in [0.05, 0.1) is 29.4 Å². The Labute approximate surface area is 113 Å². The normalized spacial score (nSPS) is 17.6. The van der Waals surface area contributed by atoms with E-state index in [-0.39, 0.29) is 11.6 Å². The van der Waals surface area contributed by atoms with Crippen molar-refractivity contribution in [3.63, 3.8) is 0 Å². The highest BCUT2D eigenvalue weighted by atomic mass is 19.1. The molecule has 1 amide bonds. The average molecular weight is 278 g/mol. The number of imidazole rings is 1. The minimum Gasteiger partial charge on any atom is -0.347 e. The molecule has 0 saturated carbocycles. The van der Waals surface area contributed by atoms with Gasteiger partial charge in [-0.1, -0.05) is 0 Å². The second-order valence-corrected chi connectivity index (χ2v) is 4.58. The minimum absolute atomic E-state index is 0.0361. The number of anilines is 1. The Balaban J connectivity index is 1.71. The molecular formula is C13H12F2N4O. The van der Waals surface area contributed by atoms with E-state index in [1.54, 1.807) is 6.33 Å². The predicted molar refractivity (Wildman–Crippen MR) is 67.9 cm³/mol. The summed E-state index contributed by atoms with van der Waals surface area (Å²) in [4.78, 5) is 19.2. The number of fused-ring (bicyclic) bond motifs is 1. The Morgan fingerprint density at radius 2 is 2.25 bits per heavy atom. The van der Waals surface area contributed by atoms with Crippen molar-refractivity contribution < 1.29 is 13.6 Å². The first kappa shape index (κ1) is 12.7. The smallest absolute Gasteiger partial charge is 0.242 e. The molecule has 104 valence electrons. The average Bonchev–Trinajstić information content (AvgIpc) is 2.89. The summed E-state index contributed by atoms with van der Waals surface area (Å²) < 4.78 is 26.3. The third-order valence-electron chi connectivity index (χ3n) is 3.24. The van der Waals surface area contributed by atoms with Crippen LogP contribution in [0.4, 0.5) is 14.5 Å². The third-order valence-corrected chi connectivity index (χ3v) is 3.24. The van der Waals surface area contributed by atoms with Crippen molar-refractivity contribution in [3.8, 4) is 0 Å². The van der Waals surface area contributed by atoms with Crippen LogP contribution in [0.3, 0.4) is 0 Å². The Hall–Kier alpha value is -2.28. The molecule has 1 aliphatic rings. The number of carbonyl (C=O) groups excluding carboxylic acids is 1. The van der Waals surface area contributed by atoms with Gasteiger partial charge in [0.15, 0.2) is 0 Å². The fourth-order valence-electron chi connectivity index (χ4n) is 2.17. The van der Waals surface area contributed by atoms with Crippen LogP contribution >= 0.6 is 0 Å². The lowest BCUT2D eigenvalue weighted by molar-refractivity contribution is -0.118. The molecule has 5 nitrogen and oxygen atoms in total. The van der Waals surface area contributed by atoms with Gasteiger partial charge in [-0.2, -0.15) is 0 Å². The van der Waals surface area contributed by atoms with Crippen LogP contribution in [0.2, 0.25) is 0 Å². The third kappa shape index (κ3) is 2.39. The summed E-state index contributed by atoms with van der Waals surface area (Å²) >= 11 is 0. The molecule has 1 aliphatic heterocycles. The number of halogens is 2. The summed E-state index contributed by atoms with van der Waals surface area (Å²) in [5.41, 5.74) is 1.73. The lowest BCUT2D eigenvalue weighted by Crippen LogP contribution is -2.44. The molecule has 0 radical (unpaired) electrons.